The van der Waals surface area contributed by atoms with E-state index >= 15 is 0 Å². The van der Waals surface area contributed by atoms with E-state index in [1.54, 1.807) is 7.11 Å². The maximum absolute atomic E-state index is 5.89. The summed E-state index contributed by atoms with van der Waals surface area (Å²) in [5, 5.41) is 0. The molecular formula is C14H19NO2. The Morgan fingerprint density at radius 2 is 2.18 bits per heavy atom. The molecule has 92 valence electrons. The van der Waals surface area contributed by atoms with Crippen LogP contribution in [-0.4, -0.2) is 13.7 Å². The summed E-state index contributed by atoms with van der Waals surface area (Å²) in [6.07, 6.45) is 0.714. The molecule has 0 bridgehead atoms. The van der Waals surface area contributed by atoms with Gasteiger partial charge in [-0.3, -0.25) is 0 Å². The number of hydrogen-bond donors (Lipinski definition) is 1. The van der Waals surface area contributed by atoms with Crippen LogP contribution in [-0.2, 0) is 0 Å². The highest BCUT2D eigenvalue weighted by Gasteiger charge is 2.09. The molecule has 1 rings (SSSR count). The summed E-state index contributed by atoms with van der Waals surface area (Å²) in [7, 11) is 1.63. The molecule has 1 unspecified atom stereocenters. The summed E-state index contributed by atoms with van der Waals surface area (Å²) < 4.78 is 10.8. The van der Waals surface area contributed by atoms with Crippen LogP contribution in [0.3, 0.4) is 0 Å². The number of nitrogens with two attached hydrogens (primary N) is 1. The van der Waals surface area contributed by atoms with Gasteiger partial charge in [0.25, 0.3) is 0 Å². The Bertz CT molecular complexity index is 416. The van der Waals surface area contributed by atoms with Crippen molar-refractivity contribution in [2.24, 2.45) is 5.73 Å². The zero-order chi connectivity index (χ0) is 12.7. The highest BCUT2D eigenvalue weighted by Crippen LogP contribution is 2.28. The van der Waals surface area contributed by atoms with E-state index < -0.39 is 0 Å². The molecule has 0 aliphatic rings. The van der Waals surface area contributed by atoms with Gasteiger partial charge in [0.05, 0.1) is 13.7 Å². The Balaban J connectivity index is 2.80. The molecule has 17 heavy (non-hydrogen) atoms. The first-order chi connectivity index (χ1) is 8.19. The molecule has 0 heterocycles. The molecule has 1 atom stereocenters. The van der Waals surface area contributed by atoms with E-state index in [1.165, 1.54) is 0 Å². The lowest BCUT2D eigenvalue weighted by atomic mass is 10.1. The van der Waals surface area contributed by atoms with Crippen LogP contribution < -0.4 is 15.2 Å². The van der Waals surface area contributed by atoms with Crippen molar-refractivity contribution in [3.63, 3.8) is 0 Å². The number of benzene rings is 1. The summed E-state index contributed by atoms with van der Waals surface area (Å²) >= 11 is 0. The van der Waals surface area contributed by atoms with E-state index in [9.17, 15) is 0 Å². The van der Waals surface area contributed by atoms with Gasteiger partial charge in [0.2, 0.25) is 0 Å². The zero-order valence-electron chi connectivity index (χ0n) is 10.6. The lowest BCUT2D eigenvalue weighted by Crippen LogP contribution is -2.08. The van der Waals surface area contributed by atoms with Gasteiger partial charge in [0.1, 0.15) is 11.5 Å². The number of methoxy groups -OCH3 is 1. The first-order valence-corrected chi connectivity index (χ1v) is 5.65. The lowest BCUT2D eigenvalue weighted by molar-refractivity contribution is 0.319. The standard InChI is InChI=1S/C14H19NO2/c1-4-5-6-9-17-14-10-12(16-3)7-8-13(14)11(2)15/h7-8,10-11H,6,9,15H2,1-3H3. The third kappa shape index (κ3) is 4.01. The highest BCUT2D eigenvalue weighted by molar-refractivity contribution is 5.42. The van der Waals surface area contributed by atoms with E-state index in [1.807, 2.05) is 32.0 Å². The fourth-order valence-corrected chi connectivity index (χ4v) is 1.48. The van der Waals surface area contributed by atoms with Crippen molar-refractivity contribution >= 4 is 0 Å². The van der Waals surface area contributed by atoms with Gasteiger partial charge in [0.15, 0.2) is 0 Å². The van der Waals surface area contributed by atoms with Crippen molar-refractivity contribution in [3.8, 4) is 23.3 Å². The quantitative estimate of drug-likeness (QED) is 0.627. The monoisotopic (exact) mass is 233 g/mol. The molecule has 0 spiro atoms. The van der Waals surface area contributed by atoms with Crippen molar-refractivity contribution in [1.82, 2.24) is 0 Å². The molecule has 3 heteroatoms. The largest absolute Gasteiger partial charge is 0.497 e. The maximum atomic E-state index is 5.89. The zero-order valence-corrected chi connectivity index (χ0v) is 10.6. The molecule has 1 aromatic rings. The van der Waals surface area contributed by atoms with Crippen LogP contribution in [0.2, 0.25) is 0 Å². The maximum Gasteiger partial charge on any atom is 0.127 e. The van der Waals surface area contributed by atoms with Crippen molar-refractivity contribution in [1.29, 1.82) is 0 Å². The molecular weight excluding hydrogens is 214 g/mol. The van der Waals surface area contributed by atoms with Crippen LogP contribution >= 0.6 is 0 Å². The molecule has 0 aliphatic carbocycles. The van der Waals surface area contributed by atoms with Gasteiger partial charge in [-0.15, -0.1) is 11.8 Å². The van der Waals surface area contributed by atoms with Crippen molar-refractivity contribution in [2.75, 3.05) is 13.7 Å². The summed E-state index contributed by atoms with van der Waals surface area (Å²) in [5.41, 5.74) is 6.87. The van der Waals surface area contributed by atoms with Crippen LogP contribution in [0.5, 0.6) is 11.5 Å². The van der Waals surface area contributed by atoms with Crippen molar-refractivity contribution in [2.45, 2.75) is 26.3 Å². The van der Waals surface area contributed by atoms with Crippen molar-refractivity contribution in [3.05, 3.63) is 23.8 Å². The first kappa shape index (κ1) is 13.4. The minimum Gasteiger partial charge on any atom is -0.497 e. The third-order valence-corrected chi connectivity index (χ3v) is 2.37. The topological polar surface area (TPSA) is 44.5 Å². The first-order valence-electron chi connectivity index (χ1n) is 5.65. The average molecular weight is 233 g/mol. The highest BCUT2D eigenvalue weighted by atomic mass is 16.5. The normalized spacial score (nSPS) is 11.3. The number of rotatable bonds is 5. The van der Waals surface area contributed by atoms with E-state index in [0.29, 0.717) is 13.0 Å². The predicted octanol–water partition coefficient (Wildman–Crippen LogP) is 2.51. The molecule has 0 amide bonds. The molecule has 1 aromatic carbocycles. The Morgan fingerprint density at radius 1 is 1.41 bits per heavy atom. The second-order valence-electron chi connectivity index (χ2n) is 3.72. The molecule has 3 nitrogen and oxygen atoms in total. The predicted molar refractivity (Wildman–Crippen MR) is 69.2 cm³/mol. The fourth-order valence-electron chi connectivity index (χ4n) is 1.48. The fraction of sp³-hybridized carbons (Fsp3) is 0.429. The SMILES string of the molecule is CC#CCCOc1cc(OC)ccc1C(C)N. The molecule has 0 fully saturated rings. The Labute approximate surface area is 103 Å². The van der Waals surface area contributed by atoms with Crippen LogP contribution in [0.15, 0.2) is 18.2 Å². The smallest absolute Gasteiger partial charge is 0.127 e. The van der Waals surface area contributed by atoms with Crippen molar-refractivity contribution < 1.29 is 9.47 Å². The Hall–Kier alpha value is -1.66. The molecule has 0 saturated heterocycles. The summed E-state index contributed by atoms with van der Waals surface area (Å²) in [6.45, 7) is 4.31. The molecule has 2 N–H and O–H groups in total. The van der Waals surface area contributed by atoms with Crippen LogP contribution in [0.4, 0.5) is 0 Å². The molecule has 0 aliphatic heterocycles. The number of hydrogen-bond acceptors (Lipinski definition) is 3. The third-order valence-electron chi connectivity index (χ3n) is 2.37. The molecule has 0 aromatic heterocycles. The average Bonchev–Trinajstić information content (AvgIpc) is 2.34. The Morgan fingerprint density at radius 3 is 2.76 bits per heavy atom. The summed E-state index contributed by atoms with van der Waals surface area (Å²) in [6, 6.07) is 5.62. The van der Waals surface area contributed by atoms with Gasteiger partial charge >= 0.3 is 0 Å². The minimum absolute atomic E-state index is 0.0619. The second kappa shape index (κ2) is 6.82. The van der Waals surface area contributed by atoms with Gasteiger partial charge in [-0.2, -0.15) is 0 Å². The van der Waals surface area contributed by atoms with E-state index in [2.05, 4.69) is 11.8 Å². The summed E-state index contributed by atoms with van der Waals surface area (Å²) in [4.78, 5) is 0. The van der Waals surface area contributed by atoms with Crippen LogP contribution in [0.1, 0.15) is 31.9 Å². The summed E-state index contributed by atoms with van der Waals surface area (Å²) in [5.74, 6) is 7.34. The van der Waals surface area contributed by atoms with Gasteiger partial charge in [-0.25, -0.2) is 0 Å². The van der Waals surface area contributed by atoms with E-state index in [0.717, 1.165) is 17.1 Å². The van der Waals surface area contributed by atoms with Crippen LogP contribution in [0, 0.1) is 11.8 Å². The van der Waals surface area contributed by atoms with Gasteiger partial charge in [0, 0.05) is 24.1 Å². The van der Waals surface area contributed by atoms with E-state index in [4.69, 9.17) is 15.2 Å². The Kier molecular flexibility index (Phi) is 5.38. The van der Waals surface area contributed by atoms with Gasteiger partial charge in [-0.1, -0.05) is 6.07 Å². The van der Waals surface area contributed by atoms with Crippen LogP contribution in [0.25, 0.3) is 0 Å². The number of ether oxygens (including phenoxy) is 2. The molecule has 0 saturated carbocycles. The minimum atomic E-state index is -0.0619. The van der Waals surface area contributed by atoms with E-state index in [-0.39, 0.29) is 6.04 Å². The second-order valence-corrected chi connectivity index (χ2v) is 3.72. The van der Waals surface area contributed by atoms with Gasteiger partial charge < -0.3 is 15.2 Å². The molecule has 0 radical (unpaired) electrons. The van der Waals surface area contributed by atoms with Gasteiger partial charge in [-0.05, 0) is 19.9 Å². The lowest BCUT2D eigenvalue weighted by Gasteiger charge is -2.14.